The third-order valence-corrected chi connectivity index (χ3v) is 2.75. The summed E-state index contributed by atoms with van der Waals surface area (Å²) in [6.45, 7) is 4.40. The zero-order valence-corrected chi connectivity index (χ0v) is 9.27. The van der Waals surface area contributed by atoms with Crippen molar-refractivity contribution in [1.82, 2.24) is 9.55 Å². The molecule has 1 aliphatic rings. The Bertz CT molecular complexity index is 462. The number of Topliss-reactive ketones (excluding diaryl/α,β-unsaturated/α-hetero) is 1. The van der Waals surface area contributed by atoms with Gasteiger partial charge in [0.15, 0.2) is 0 Å². The Morgan fingerprint density at radius 2 is 2.19 bits per heavy atom. The molecule has 1 aromatic rings. The van der Waals surface area contributed by atoms with Crippen molar-refractivity contribution in [2.45, 2.75) is 39.2 Å². The molecule has 16 heavy (non-hydrogen) atoms. The first-order valence-electron chi connectivity index (χ1n) is 5.26. The van der Waals surface area contributed by atoms with Gasteiger partial charge in [0.1, 0.15) is 11.5 Å². The normalized spacial score (nSPS) is 15.3. The number of nitro groups is 1. The average molecular weight is 223 g/mol. The van der Waals surface area contributed by atoms with Crippen LogP contribution in [0.1, 0.15) is 37.7 Å². The highest BCUT2D eigenvalue weighted by atomic mass is 16.6. The van der Waals surface area contributed by atoms with Crippen LogP contribution >= 0.6 is 0 Å². The molecule has 0 saturated heterocycles. The number of ketones is 1. The maximum atomic E-state index is 11.3. The van der Waals surface area contributed by atoms with Gasteiger partial charge in [-0.2, -0.15) is 0 Å². The van der Waals surface area contributed by atoms with E-state index >= 15 is 0 Å². The summed E-state index contributed by atoms with van der Waals surface area (Å²) in [5, 5.41) is 10.8. The van der Waals surface area contributed by atoms with Gasteiger partial charge in [0, 0.05) is 18.9 Å². The smallest absolute Gasteiger partial charge is 0.358 e. The van der Waals surface area contributed by atoms with E-state index in [-0.39, 0.29) is 23.9 Å². The highest BCUT2D eigenvalue weighted by Gasteiger charge is 2.32. The minimum absolute atomic E-state index is 0.0470. The highest BCUT2D eigenvalue weighted by Crippen LogP contribution is 2.28. The molecule has 0 N–H and O–H groups in total. The van der Waals surface area contributed by atoms with Crippen LogP contribution in [0.5, 0.6) is 0 Å². The summed E-state index contributed by atoms with van der Waals surface area (Å²) < 4.78 is 1.82. The van der Waals surface area contributed by atoms with Crippen molar-refractivity contribution in [3.05, 3.63) is 21.6 Å². The van der Waals surface area contributed by atoms with Crippen LogP contribution in [-0.2, 0) is 17.8 Å². The second-order valence-corrected chi connectivity index (χ2v) is 4.27. The van der Waals surface area contributed by atoms with E-state index in [1.165, 1.54) is 0 Å². The van der Waals surface area contributed by atoms with Crippen LogP contribution in [0.4, 0.5) is 5.82 Å². The molecule has 0 bridgehead atoms. The molecule has 0 saturated carbocycles. The lowest BCUT2D eigenvalue weighted by Crippen LogP contribution is -2.20. The largest absolute Gasteiger partial charge is 0.385 e. The van der Waals surface area contributed by atoms with Crippen molar-refractivity contribution in [2.24, 2.45) is 0 Å². The molecule has 0 aromatic carbocycles. The fourth-order valence-corrected chi connectivity index (χ4v) is 2.01. The summed E-state index contributed by atoms with van der Waals surface area (Å²) in [5.41, 5.74) is 0.463. The number of hydrogen-bond donors (Lipinski definition) is 0. The van der Waals surface area contributed by atoms with Gasteiger partial charge in [0.25, 0.3) is 0 Å². The Kier molecular flexibility index (Phi) is 2.49. The molecule has 0 spiro atoms. The molecule has 2 rings (SSSR count). The van der Waals surface area contributed by atoms with Crippen molar-refractivity contribution in [3.8, 4) is 0 Å². The zero-order chi connectivity index (χ0) is 11.9. The van der Waals surface area contributed by atoms with E-state index in [1.807, 2.05) is 18.4 Å². The van der Waals surface area contributed by atoms with E-state index in [1.54, 1.807) is 0 Å². The molecule has 2 heterocycles. The average Bonchev–Trinajstić information content (AvgIpc) is 2.56. The lowest BCUT2D eigenvalue weighted by atomic mass is 10.1. The second-order valence-electron chi connectivity index (χ2n) is 4.27. The van der Waals surface area contributed by atoms with Gasteiger partial charge in [-0.1, -0.05) is 13.8 Å². The van der Waals surface area contributed by atoms with E-state index in [0.717, 1.165) is 0 Å². The van der Waals surface area contributed by atoms with Gasteiger partial charge in [0.2, 0.25) is 5.82 Å². The Balaban J connectivity index is 2.57. The summed E-state index contributed by atoms with van der Waals surface area (Å²) in [5.74, 6) is 0.720. The SMILES string of the molecule is CC(C)c1nc([N+](=O)[O-])c2n1CCC(=O)C2. The van der Waals surface area contributed by atoms with Crippen molar-refractivity contribution in [2.75, 3.05) is 0 Å². The van der Waals surface area contributed by atoms with Gasteiger partial charge in [-0.25, -0.2) is 0 Å². The van der Waals surface area contributed by atoms with E-state index < -0.39 is 4.92 Å². The summed E-state index contributed by atoms with van der Waals surface area (Å²) in [6, 6.07) is 0. The second kappa shape index (κ2) is 3.70. The van der Waals surface area contributed by atoms with Crippen LogP contribution in [-0.4, -0.2) is 20.3 Å². The molecule has 0 radical (unpaired) electrons. The molecule has 1 aliphatic heterocycles. The van der Waals surface area contributed by atoms with E-state index in [0.29, 0.717) is 24.5 Å². The molecular formula is C10H13N3O3. The number of imidazole rings is 1. The fourth-order valence-electron chi connectivity index (χ4n) is 2.01. The standard InChI is InChI=1S/C10H13N3O3/c1-6(2)9-11-10(13(15)16)8-5-7(14)3-4-12(8)9/h6H,3-5H2,1-2H3. The first-order chi connectivity index (χ1) is 7.50. The van der Waals surface area contributed by atoms with Crippen LogP contribution in [0, 0.1) is 10.1 Å². The van der Waals surface area contributed by atoms with Crippen LogP contribution in [0.2, 0.25) is 0 Å². The summed E-state index contributed by atoms with van der Waals surface area (Å²) in [6.07, 6.45) is 0.580. The number of carbonyl (C=O) groups is 1. The predicted octanol–water partition coefficient (Wildman–Crippen LogP) is 1.43. The first kappa shape index (κ1) is 10.8. The fraction of sp³-hybridized carbons (Fsp3) is 0.600. The molecule has 0 atom stereocenters. The number of nitrogens with zero attached hydrogens (tertiary/aromatic N) is 3. The highest BCUT2D eigenvalue weighted by molar-refractivity contribution is 5.82. The van der Waals surface area contributed by atoms with Crippen molar-refractivity contribution in [3.63, 3.8) is 0 Å². The molecular weight excluding hydrogens is 210 g/mol. The lowest BCUT2D eigenvalue weighted by Gasteiger charge is -2.14. The van der Waals surface area contributed by atoms with Crippen molar-refractivity contribution >= 4 is 11.6 Å². The molecule has 6 nitrogen and oxygen atoms in total. The minimum Gasteiger partial charge on any atom is -0.358 e. The number of hydrogen-bond acceptors (Lipinski definition) is 4. The number of aromatic nitrogens is 2. The van der Waals surface area contributed by atoms with Crippen LogP contribution in [0.15, 0.2) is 0 Å². The van der Waals surface area contributed by atoms with Gasteiger partial charge in [-0.3, -0.25) is 4.79 Å². The molecule has 0 unspecified atom stereocenters. The topological polar surface area (TPSA) is 78.0 Å². The summed E-state index contributed by atoms with van der Waals surface area (Å²) in [7, 11) is 0. The number of rotatable bonds is 2. The molecule has 1 aromatic heterocycles. The predicted molar refractivity (Wildman–Crippen MR) is 56.3 cm³/mol. The van der Waals surface area contributed by atoms with Gasteiger partial charge < -0.3 is 14.7 Å². The Morgan fingerprint density at radius 1 is 1.50 bits per heavy atom. The van der Waals surface area contributed by atoms with Gasteiger partial charge in [0.05, 0.1) is 6.42 Å². The summed E-state index contributed by atoms with van der Waals surface area (Å²) in [4.78, 5) is 25.7. The third kappa shape index (κ3) is 1.60. The molecule has 0 fully saturated rings. The van der Waals surface area contributed by atoms with Crippen molar-refractivity contribution < 1.29 is 9.72 Å². The minimum atomic E-state index is -0.504. The molecule has 0 aliphatic carbocycles. The van der Waals surface area contributed by atoms with E-state index in [4.69, 9.17) is 0 Å². The van der Waals surface area contributed by atoms with Gasteiger partial charge in [-0.05, 0) is 9.91 Å². The van der Waals surface area contributed by atoms with Gasteiger partial charge >= 0.3 is 5.82 Å². The molecule has 0 amide bonds. The Morgan fingerprint density at radius 3 is 2.75 bits per heavy atom. The molecule has 86 valence electrons. The monoisotopic (exact) mass is 223 g/mol. The van der Waals surface area contributed by atoms with E-state index in [2.05, 4.69) is 4.98 Å². The number of fused-ring (bicyclic) bond motifs is 1. The lowest BCUT2D eigenvalue weighted by molar-refractivity contribution is -0.390. The Hall–Kier alpha value is -1.72. The van der Waals surface area contributed by atoms with Crippen LogP contribution in [0.25, 0.3) is 0 Å². The first-order valence-corrected chi connectivity index (χ1v) is 5.26. The third-order valence-electron chi connectivity index (χ3n) is 2.75. The quantitative estimate of drug-likeness (QED) is 0.561. The van der Waals surface area contributed by atoms with Crippen LogP contribution < -0.4 is 0 Å². The Labute approximate surface area is 92.4 Å². The van der Waals surface area contributed by atoms with Crippen LogP contribution in [0.3, 0.4) is 0 Å². The molecule has 6 heteroatoms. The maximum absolute atomic E-state index is 11.3. The zero-order valence-electron chi connectivity index (χ0n) is 9.27. The summed E-state index contributed by atoms with van der Waals surface area (Å²) >= 11 is 0. The number of carbonyl (C=O) groups excluding carboxylic acids is 1. The van der Waals surface area contributed by atoms with E-state index in [9.17, 15) is 14.9 Å². The maximum Gasteiger partial charge on any atom is 0.385 e. The van der Waals surface area contributed by atoms with Gasteiger partial charge in [-0.15, -0.1) is 0 Å². The van der Waals surface area contributed by atoms with Crippen molar-refractivity contribution in [1.29, 1.82) is 0 Å².